The molecule has 3 rings (SSSR count). The first kappa shape index (κ1) is 24.3. The summed E-state index contributed by atoms with van der Waals surface area (Å²) in [4.78, 5) is 47.2. The molecule has 0 saturated heterocycles. The van der Waals surface area contributed by atoms with E-state index in [1.807, 2.05) is 0 Å². The number of hydrogen-bond donors (Lipinski definition) is 2. The summed E-state index contributed by atoms with van der Waals surface area (Å²) in [5.74, 6) is -4.74. The van der Waals surface area contributed by atoms with Gasteiger partial charge < -0.3 is 15.4 Å². The summed E-state index contributed by atoms with van der Waals surface area (Å²) in [6.07, 6.45) is 0. The molecule has 34 heavy (non-hydrogen) atoms. The van der Waals surface area contributed by atoms with E-state index in [1.54, 1.807) is 0 Å². The number of rotatable bonds is 7. The van der Waals surface area contributed by atoms with E-state index in [2.05, 4.69) is 10.6 Å². The zero-order valence-corrected chi connectivity index (χ0v) is 17.8. The normalized spacial score (nSPS) is 10.3. The Morgan fingerprint density at radius 2 is 1.68 bits per heavy atom. The fourth-order valence-corrected chi connectivity index (χ4v) is 3.00. The van der Waals surface area contributed by atoms with Gasteiger partial charge in [0, 0.05) is 23.9 Å². The van der Waals surface area contributed by atoms with E-state index in [4.69, 9.17) is 16.3 Å². The van der Waals surface area contributed by atoms with Crippen molar-refractivity contribution in [2.24, 2.45) is 0 Å². The fourth-order valence-electron chi connectivity index (χ4n) is 2.74. The number of amides is 2. The van der Waals surface area contributed by atoms with Crippen LogP contribution in [0, 0.1) is 21.7 Å². The number of nitrogens with one attached hydrogen (secondary N) is 2. The molecule has 0 aromatic heterocycles. The molecule has 0 aliphatic rings. The summed E-state index contributed by atoms with van der Waals surface area (Å²) < 4.78 is 31.1. The SMILES string of the molecule is O=C(COC(=O)c1ccccc1NC(=O)c1ccc([N+](=O)[O-])cc1Cl)Nc1ccc(F)c(F)c1. The molecule has 2 N–H and O–H groups in total. The average molecular weight is 490 g/mol. The molecule has 12 heteroatoms. The van der Waals surface area contributed by atoms with Crippen LogP contribution in [0.5, 0.6) is 0 Å². The van der Waals surface area contributed by atoms with Gasteiger partial charge in [0.1, 0.15) is 0 Å². The third-order valence-electron chi connectivity index (χ3n) is 4.34. The topological polar surface area (TPSA) is 128 Å². The number of carbonyl (C=O) groups excluding carboxylic acids is 3. The predicted octanol–water partition coefficient (Wildman–Crippen LogP) is 4.57. The summed E-state index contributed by atoms with van der Waals surface area (Å²) in [6.45, 7) is -0.742. The summed E-state index contributed by atoms with van der Waals surface area (Å²) in [6, 6.07) is 11.8. The van der Waals surface area contributed by atoms with E-state index < -0.39 is 40.9 Å². The van der Waals surface area contributed by atoms with Crippen LogP contribution in [0.1, 0.15) is 20.7 Å². The van der Waals surface area contributed by atoms with Crippen LogP contribution < -0.4 is 10.6 Å². The first-order chi connectivity index (χ1) is 16.2. The van der Waals surface area contributed by atoms with Gasteiger partial charge in [-0.05, 0) is 30.3 Å². The number of para-hydroxylation sites is 1. The quantitative estimate of drug-likeness (QED) is 0.284. The largest absolute Gasteiger partial charge is 0.452 e. The molecule has 3 aromatic rings. The van der Waals surface area contributed by atoms with Crippen LogP contribution in [0.2, 0.25) is 5.02 Å². The molecular weight excluding hydrogens is 476 g/mol. The van der Waals surface area contributed by atoms with Gasteiger partial charge in [-0.1, -0.05) is 23.7 Å². The van der Waals surface area contributed by atoms with Crippen molar-refractivity contribution in [3.8, 4) is 0 Å². The van der Waals surface area contributed by atoms with Gasteiger partial charge in [-0.15, -0.1) is 0 Å². The number of ether oxygens (including phenoxy) is 1. The van der Waals surface area contributed by atoms with Crippen LogP contribution in [-0.2, 0) is 9.53 Å². The molecule has 0 fully saturated rings. The van der Waals surface area contributed by atoms with Gasteiger partial charge in [0.25, 0.3) is 17.5 Å². The lowest BCUT2D eigenvalue weighted by Gasteiger charge is -2.12. The van der Waals surface area contributed by atoms with Crippen LogP contribution >= 0.6 is 11.6 Å². The molecule has 2 amide bonds. The van der Waals surface area contributed by atoms with Gasteiger partial charge in [-0.25, -0.2) is 13.6 Å². The molecule has 0 radical (unpaired) electrons. The van der Waals surface area contributed by atoms with E-state index >= 15 is 0 Å². The highest BCUT2D eigenvalue weighted by Crippen LogP contribution is 2.24. The monoisotopic (exact) mass is 489 g/mol. The second-order valence-electron chi connectivity index (χ2n) is 6.67. The van der Waals surface area contributed by atoms with E-state index in [9.17, 15) is 33.3 Å². The zero-order chi connectivity index (χ0) is 24.8. The van der Waals surface area contributed by atoms with E-state index in [1.165, 1.54) is 30.3 Å². The second-order valence-corrected chi connectivity index (χ2v) is 7.08. The van der Waals surface area contributed by atoms with Crippen molar-refractivity contribution in [2.75, 3.05) is 17.2 Å². The Morgan fingerprint density at radius 1 is 0.941 bits per heavy atom. The number of nitro benzene ring substituents is 1. The minimum Gasteiger partial charge on any atom is -0.452 e. The van der Waals surface area contributed by atoms with Crippen molar-refractivity contribution >= 4 is 46.4 Å². The summed E-state index contributed by atoms with van der Waals surface area (Å²) in [7, 11) is 0. The number of benzene rings is 3. The third-order valence-corrected chi connectivity index (χ3v) is 4.65. The molecule has 0 saturated carbocycles. The van der Waals surface area contributed by atoms with Crippen molar-refractivity contribution in [3.63, 3.8) is 0 Å². The molecule has 0 heterocycles. The van der Waals surface area contributed by atoms with Crippen molar-refractivity contribution in [2.45, 2.75) is 0 Å². The standard InChI is InChI=1S/C22H14ClF2N3O6/c23-16-10-13(28(32)33)6-7-14(16)21(30)27-19-4-2-1-3-15(19)22(31)34-11-20(29)26-12-5-8-17(24)18(25)9-12/h1-10H,11H2,(H,26,29)(H,27,30). The van der Waals surface area contributed by atoms with Gasteiger partial charge in [0.05, 0.1) is 26.8 Å². The lowest BCUT2D eigenvalue weighted by Crippen LogP contribution is -2.22. The lowest BCUT2D eigenvalue weighted by molar-refractivity contribution is -0.384. The molecule has 0 unspecified atom stereocenters. The smallest absolute Gasteiger partial charge is 0.340 e. The van der Waals surface area contributed by atoms with Crippen LogP contribution in [0.25, 0.3) is 0 Å². The number of esters is 1. The summed E-state index contributed by atoms with van der Waals surface area (Å²) >= 11 is 5.96. The van der Waals surface area contributed by atoms with Gasteiger partial charge in [-0.3, -0.25) is 19.7 Å². The number of anilines is 2. The first-order valence-electron chi connectivity index (χ1n) is 9.42. The van der Waals surface area contributed by atoms with Gasteiger partial charge >= 0.3 is 5.97 Å². The van der Waals surface area contributed by atoms with Crippen molar-refractivity contribution in [3.05, 3.63) is 98.6 Å². The Balaban J connectivity index is 1.66. The van der Waals surface area contributed by atoms with E-state index in [0.29, 0.717) is 0 Å². The number of non-ortho nitro benzene ring substituents is 1. The Labute approximate surface area is 195 Å². The van der Waals surface area contributed by atoms with Gasteiger partial charge in [0.2, 0.25) is 0 Å². The molecule has 0 atom stereocenters. The van der Waals surface area contributed by atoms with Crippen molar-refractivity contribution < 1.29 is 32.8 Å². The molecule has 0 spiro atoms. The predicted molar refractivity (Wildman–Crippen MR) is 118 cm³/mol. The maximum Gasteiger partial charge on any atom is 0.340 e. The molecule has 174 valence electrons. The highest BCUT2D eigenvalue weighted by atomic mass is 35.5. The highest BCUT2D eigenvalue weighted by Gasteiger charge is 2.19. The van der Waals surface area contributed by atoms with Crippen LogP contribution in [0.15, 0.2) is 60.7 Å². The molecule has 0 aliphatic carbocycles. The molecule has 0 bridgehead atoms. The van der Waals surface area contributed by atoms with E-state index in [-0.39, 0.29) is 33.2 Å². The highest BCUT2D eigenvalue weighted by molar-refractivity contribution is 6.34. The van der Waals surface area contributed by atoms with Crippen molar-refractivity contribution in [1.82, 2.24) is 0 Å². The Hall–Kier alpha value is -4.38. The fraction of sp³-hybridized carbons (Fsp3) is 0.0455. The lowest BCUT2D eigenvalue weighted by atomic mass is 10.1. The minimum atomic E-state index is -1.16. The van der Waals surface area contributed by atoms with Crippen LogP contribution in [0.4, 0.5) is 25.8 Å². The zero-order valence-electron chi connectivity index (χ0n) is 17.0. The summed E-state index contributed by atoms with van der Waals surface area (Å²) in [5.41, 5.74) is -0.455. The third kappa shape index (κ3) is 5.90. The first-order valence-corrected chi connectivity index (χ1v) is 9.80. The van der Waals surface area contributed by atoms with Gasteiger partial charge in [-0.2, -0.15) is 0 Å². The second kappa shape index (κ2) is 10.5. The molecule has 3 aromatic carbocycles. The minimum absolute atomic E-state index is 0.0346. The Bertz CT molecular complexity index is 1300. The summed E-state index contributed by atoms with van der Waals surface area (Å²) in [5, 5.41) is 15.4. The number of hydrogen-bond acceptors (Lipinski definition) is 6. The number of nitro groups is 1. The van der Waals surface area contributed by atoms with Gasteiger partial charge in [0.15, 0.2) is 18.2 Å². The Morgan fingerprint density at radius 3 is 2.35 bits per heavy atom. The maximum atomic E-state index is 13.2. The van der Waals surface area contributed by atoms with Crippen molar-refractivity contribution in [1.29, 1.82) is 0 Å². The average Bonchev–Trinajstić information content (AvgIpc) is 2.80. The van der Waals surface area contributed by atoms with Crippen LogP contribution in [-0.4, -0.2) is 29.3 Å². The number of halogens is 3. The Kier molecular flexibility index (Phi) is 7.49. The molecule has 9 nitrogen and oxygen atoms in total. The maximum absolute atomic E-state index is 13.2. The molecule has 0 aliphatic heterocycles. The van der Waals surface area contributed by atoms with E-state index in [0.717, 1.165) is 30.3 Å². The van der Waals surface area contributed by atoms with Crippen LogP contribution in [0.3, 0.4) is 0 Å². The number of nitrogens with zero attached hydrogens (tertiary/aromatic N) is 1. The molecular formula is C22H14ClF2N3O6. The number of carbonyl (C=O) groups is 3.